The van der Waals surface area contributed by atoms with E-state index in [-0.39, 0.29) is 5.97 Å². The minimum atomic E-state index is -0.756. The van der Waals surface area contributed by atoms with Crippen molar-refractivity contribution in [2.75, 3.05) is 6.61 Å². The topological polar surface area (TPSA) is 72.1 Å². The van der Waals surface area contributed by atoms with Crippen molar-refractivity contribution >= 4 is 40.8 Å². The maximum absolute atomic E-state index is 13.3. The van der Waals surface area contributed by atoms with Gasteiger partial charge in [0.2, 0.25) is 0 Å². The molecular weight excluding hydrogens is 487 g/mol. The molecule has 2 heterocycles. The first kappa shape index (κ1) is 23.6. The van der Waals surface area contributed by atoms with Gasteiger partial charge < -0.3 is 9.15 Å². The zero-order chi connectivity index (χ0) is 24.4. The van der Waals surface area contributed by atoms with E-state index in [0.29, 0.717) is 35.1 Å². The first-order chi connectivity index (χ1) is 17.0. The summed E-state index contributed by atoms with van der Waals surface area (Å²) in [7, 11) is 0. The van der Waals surface area contributed by atoms with Crippen molar-refractivity contribution in [1.29, 1.82) is 0 Å². The number of halogens is 2. The SMILES string of the molecule is O=C(COC(=O)C1(c2ccc(Cl)cc2)CCCC1)N1N=C(c2ccc(Cl)cc2)C[C@@H]1c1ccco1. The second-order valence-electron chi connectivity index (χ2n) is 8.90. The van der Waals surface area contributed by atoms with Crippen molar-refractivity contribution in [3.05, 3.63) is 93.9 Å². The molecule has 5 rings (SSSR count). The molecule has 0 spiro atoms. The second-order valence-corrected chi connectivity index (χ2v) is 9.77. The Morgan fingerprint density at radius 3 is 2.29 bits per heavy atom. The van der Waals surface area contributed by atoms with Gasteiger partial charge in [0, 0.05) is 16.5 Å². The summed E-state index contributed by atoms with van der Waals surface area (Å²) in [5.74, 6) is -0.180. The van der Waals surface area contributed by atoms with Gasteiger partial charge in [-0.1, -0.05) is 60.3 Å². The van der Waals surface area contributed by atoms with E-state index in [1.807, 2.05) is 30.3 Å². The molecule has 0 unspecified atom stereocenters. The number of hydrazone groups is 1. The van der Waals surface area contributed by atoms with Gasteiger partial charge in [-0.05, 0) is 60.4 Å². The minimum absolute atomic E-state index is 0.388. The molecule has 6 nitrogen and oxygen atoms in total. The molecule has 0 N–H and O–H groups in total. The molecule has 0 saturated heterocycles. The van der Waals surface area contributed by atoms with Crippen LogP contribution < -0.4 is 0 Å². The van der Waals surface area contributed by atoms with Crippen molar-refractivity contribution in [2.24, 2.45) is 5.10 Å². The van der Waals surface area contributed by atoms with Gasteiger partial charge in [-0.25, -0.2) is 5.01 Å². The standard InChI is InChI=1S/C27H24Cl2N2O4/c28-20-9-5-18(6-10-20)22-16-23(24-4-3-15-34-24)31(30-22)25(32)17-35-26(33)27(13-1-2-14-27)19-7-11-21(29)12-8-19/h3-12,15,23H,1-2,13-14,16-17H2/t23-/m1/s1. The highest BCUT2D eigenvalue weighted by Gasteiger charge is 2.45. The van der Waals surface area contributed by atoms with Crippen molar-refractivity contribution in [2.45, 2.75) is 43.6 Å². The monoisotopic (exact) mass is 510 g/mol. The molecular formula is C27H24Cl2N2O4. The van der Waals surface area contributed by atoms with Crippen LogP contribution in [0.2, 0.25) is 10.0 Å². The summed E-state index contributed by atoms with van der Waals surface area (Å²) in [6, 6.07) is 17.8. The maximum atomic E-state index is 13.3. The van der Waals surface area contributed by atoms with Crippen molar-refractivity contribution in [3.63, 3.8) is 0 Å². The lowest BCUT2D eigenvalue weighted by Gasteiger charge is -2.28. The molecule has 8 heteroatoms. The Balaban J connectivity index is 1.34. The molecule has 1 amide bonds. The fourth-order valence-electron chi connectivity index (χ4n) is 4.95. The average Bonchev–Trinajstić information content (AvgIpc) is 3.64. The Hall–Kier alpha value is -3.09. The van der Waals surface area contributed by atoms with Crippen LogP contribution in [-0.4, -0.2) is 29.2 Å². The molecule has 0 radical (unpaired) electrons. The molecule has 35 heavy (non-hydrogen) atoms. The van der Waals surface area contributed by atoms with E-state index < -0.39 is 24.0 Å². The van der Waals surface area contributed by atoms with Gasteiger partial charge in [0.1, 0.15) is 11.8 Å². The highest BCUT2D eigenvalue weighted by molar-refractivity contribution is 6.31. The Kier molecular flexibility index (Phi) is 6.67. The highest BCUT2D eigenvalue weighted by atomic mass is 35.5. The van der Waals surface area contributed by atoms with Crippen molar-refractivity contribution < 1.29 is 18.7 Å². The number of hydrogen-bond acceptors (Lipinski definition) is 5. The van der Waals surface area contributed by atoms with Crippen LogP contribution in [-0.2, 0) is 19.7 Å². The summed E-state index contributed by atoms with van der Waals surface area (Å²) < 4.78 is 11.2. The van der Waals surface area contributed by atoms with Crippen LogP contribution in [0.4, 0.5) is 0 Å². The van der Waals surface area contributed by atoms with E-state index in [1.54, 1.807) is 36.6 Å². The van der Waals surface area contributed by atoms with Gasteiger partial charge in [-0.3, -0.25) is 9.59 Å². The molecule has 1 aliphatic heterocycles. The van der Waals surface area contributed by atoms with E-state index in [0.717, 1.165) is 29.7 Å². The molecule has 1 fully saturated rings. The summed E-state index contributed by atoms with van der Waals surface area (Å²) in [6.07, 6.45) is 5.25. The summed E-state index contributed by atoms with van der Waals surface area (Å²) in [5, 5.41) is 7.17. The summed E-state index contributed by atoms with van der Waals surface area (Å²) >= 11 is 12.1. The number of furan rings is 1. The van der Waals surface area contributed by atoms with Crippen LogP contribution >= 0.6 is 23.2 Å². The fraction of sp³-hybridized carbons (Fsp3) is 0.296. The van der Waals surface area contributed by atoms with Crippen LogP contribution in [0.3, 0.4) is 0 Å². The number of carbonyl (C=O) groups excluding carboxylic acids is 2. The first-order valence-electron chi connectivity index (χ1n) is 11.6. The Bertz CT molecular complexity index is 1230. The molecule has 180 valence electrons. The van der Waals surface area contributed by atoms with E-state index in [9.17, 15) is 9.59 Å². The minimum Gasteiger partial charge on any atom is -0.467 e. The molecule has 1 saturated carbocycles. The predicted molar refractivity (Wildman–Crippen MR) is 133 cm³/mol. The normalized spacial score (nSPS) is 19.0. The van der Waals surface area contributed by atoms with Gasteiger partial charge in [0.15, 0.2) is 6.61 Å². The number of esters is 1. The van der Waals surface area contributed by atoms with Crippen LogP contribution in [0.1, 0.15) is 55.0 Å². The zero-order valence-electron chi connectivity index (χ0n) is 19.0. The second kappa shape index (κ2) is 9.88. The molecule has 2 aliphatic rings. The Morgan fingerprint density at radius 2 is 1.66 bits per heavy atom. The lowest BCUT2D eigenvalue weighted by Crippen LogP contribution is -2.38. The number of rotatable bonds is 6. The Morgan fingerprint density at radius 1 is 1.00 bits per heavy atom. The quantitative estimate of drug-likeness (QED) is 0.363. The molecule has 2 aromatic carbocycles. The summed E-state index contributed by atoms with van der Waals surface area (Å²) in [5.41, 5.74) is 1.71. The average molecular weight is 511 g/mol. The third kappa shape index (κ3) is 4.73. The first-order valence-corrected chi connectivity index (χ1v) is 12.3. The lowest BCUT2D eigenvalue weighted by atomic mass is 9.79. The Labute approximate surface area is 213 Å². The van der Waals surface area contributed by atoms with Gasteiger partial charge in [-0.15, -0.1) is 0 Å². The van der Waals surface area contributed by atoms with E-state index in [2.05, 4.69) is 5.10 Å². The fourth-order valence-corrected chi connectivity index (χ4v) is 5.20. The molecule has 1 atom stereocenters. The smallest absolute Gasteiger partial charge is 0.317 e. The maximum Gasteiger partial charge on any atom is 0.317 e. The molecule has 3 aromatic rings. The number of amides is 1. The van der Waals surface area contributed by atoms with Gasteiger partial charge in [-0.2, -0.15) is 5.10 Å². The molecule has 0 bridgehead atoms. The van der Waals surface area contributed by atoms with Gasteiger partial charge in [0.25, 0.3) is 5.91 Å². The van der Waals surface area contributed by atoms with Gasteiger partial charge >= 0.3 is 5.97 Å². The number of hydrogen-bond donors (Lipinski definition) is 0. The highest BCUT2D eigenvalue weighted by Crippen LogP contribution is 2.42. The van der Waals surface area contributed by atoms with Gasteiger partial charge in [0.05, 0.1) is 17.4 Å². The number of ether oxygens (including phenoxy) is 1. The molecule has 1 aromatic heterocycles. The lowest BCUT2D eigenvalue weighted by molar-refractivity contribution is -0.157. The van der Waals surface area contributed by atoms with Crippen LogP contribution in [0.5, 0.6) is 0 Å². The third-order valence-electron chi connectivity index (χ3n) is 6.79. The molecule has 1 aliphatic carbocycles. The summed E-state index contributed by atoms with van der Waals surface area (Å²) in [4.78, 5) is 26.6. The van der Waals surface area contributed by atoms with E-state index in [4.69, 9.17) is 32.4 Å². The van der Waals surface area contributed by atoms with Crippen molar-refractivity contribution in [3.8, 4) is 0 Å². The summed E-state index contributed by atoms with van der Waals surface area (Å²) in [6.45, 7) is -0.400. The number of benzene rings is 2. The number of carbonyl (C=O) groups is 2. The van der Waals surface area contributed by atoms with Crippen LogP contribution in [0.25, 0.3) is 0 Å². The van der Waals surface area contributed by atoms with Crippen LogP contribution in [0.15, 0.2) is 76.4 Å². The van der Waals surface area contributed by atoms with Crippen molar-refractivity contribution in [1.82, 2.24) is 5.01 Å². The zero-order valence-corrected chi connectivity index (χ0v) is 20.5. The van der Waals surface area contributed by atoms with E-state index >= 15 is 0 Å². The largest absolute Gasteiger partial charge is 0.467 e. The van der Waals surface area contributed by atoms with Crippen LogP contribution in [0, 0.1) is 0 Å². The predicted octanol–water partition coefficient (Wildman–Crippen LogP) is 6.32. The number of nitrogens with zero attached hydrogens (tertiary/aromatic N) is 2. The third-order valence-corrected chi connectivity index (χ3v) is 7.29. The van der Waals surface area contributed by atoms with E-state index in [1.165, 1.54) is 5.01 Å².